The molecule has 0 aromatic heterocycles. The molecule has 0 amide bonds. The number of methoxy groups -OCH3 is 2. The zero-order valence-corrected chi connectivity index (χ0v) is 19.3. The SMILES string of the molecule is COc1cc([C@@H]2COc3cc4c(cc3[C@@H]2OC(C)=O)-c2c(cc(O)cc2OC)CC4)ccc1O. The quantitative estimate of drug-likeness (QED) is 0.545. The van der Waals surface area contributed by atoms with Crippen molar-refractivity contribution in [2.24, 2.45) is 0 Å². The lowest BCUT2D eigenvalue weighted by Crippen LogP contribution is -2.28. The van der Waals surface area contributed by atoms with E-state index in [1.165, 1.54) is 14.0 Å². The number of carbonyl (C=O) groups is 1. The summed E-state index contributed by atoms with van der Waals surface area (Å²) in [5.41, 5.74) is 5.61. The summed E-state index contributed by atoms with van der Waals surface area (Å²) in [6.45, 7) is 1.70. The zero-order valence-electron chi connectivity index (χ0n) is 19.3. The van der Waals surface area contributed by atoms with Gasteiger partial charge in [0.15, 0.2) is 11.5 Å². The second-order valence-corrected chi connectivity index (χ2v) is 8.61. The van der Waals surface area contributed by atoms with Crippen molar-refractivity contribution < 1.29 is 34.0 Å². The van der Waals surface area contributed by atoms with Crippen LogP contribution in [0.2, 0.25) is 0 Å². The van der Waals surface area contributed by atoms with Crippen molar-refractivity contribution in [3.8, 4) is 39.9 Å². The number of aryl methyl sites for hydroxylation is 2. The first kappa shape index (κ1) is 21.9. The highest BCUT2D eigenvalue weighted by Gasteiger charge is 2.37. The topological polar surface area (TPSA) is 94.5 Å². The Bertz CT molecular complexity index is 1260. The molecule has 7 nitrogen and oxygen atoms in total. The van der Waals surface area contributed by atoms with Crippen LogP contribution in [0.15, 0.2) is 42.5 Å². The first-order valence-corrected chi connectivity index (χ1v) is 11.1. The van der Waals surface area contributed by atoms with E-state index in [9.17, 15) is 15.0 Å². The van der Waals surface area contributed by atoms with Gasteiger partial charge in [0, 0.05) is 24.1 Å². The van der Waals surface area contributed by atoms with Crippen LogP contribution in [-0.4, -0.2) is 37.0 Å². The molecule has 3 aromatic rings. The fraction of sp³-hybridized carbons (Fsp3) is 0.296. The molecule has 0 unspecified atom stereocenters. The van der Waals surface area contributed by atoms with Crippen molar-refractivity contribution in [1.29, 1.82) is 0 Å². The van der Waals surface area contributed by atoms with E-state index in [0.29, 0.717) is 23.9 Å². The second-order valence-electron chi connectivity index (χ2n) is 8.61. The van der Waals surface area contributed by atoms with Crippen molar-refractivity contribution in [2.45, 2.75) is 31.8 Å². The summed E-state index contributed by atoms with van der Waals surface area (Å²) < 4.78 is 22.9. The summed E-state index contributed by atoms with van der Waals surface area (Å²) in [4.78, 5) is 12.1. The van der Waals surface area contributed by atoms with E-state index >= 15 is 0 Å². The smallest absolute Gasteiger partial charge is 0.303 e. The predicted octanol–water partition coefficient (Wildman–Crippen LogP) is 4.66. The number of esters is 1. The third kappa shape index (κ3) is 3.67. The van der Waals surface area contributed by atoms with Crippen LogP contribution in [0.1, 0.15) is 41.2 Å². The number of hydrogen-bond donors (Lipinski definition) is 2. The lowest BCUT2D eigenvalue weighted by Gasteiger charge is -2.35. The van der Waals surface area contributed by atoms with Crippen LogP contribution in [0.4, 0.5) is 0 Å². The van der Waals surface area contributed by atoms with E-state index in [4.69, 9.17) is 18.9 Å². The van der Waals surface area contributed by atoms with Crippen LogP contribution < -0.4 is 14.2 Å². The first-order valence-electron chi connectivity index (χ1n) is 11.1. The van der Waals surface area contributed by atoms with Crippen LogP contribution in [0.5, 0.6) is 28.7 Å². The molecule has 1 aliphatic heterocycles. The molecule has 0 saturated carbocycles. The fourth-order valence-corrected chi connectivity index (χ4v) is 5.02. The molecule has 5 rings (SSSR count). The summed E-state index contributed by atoms with van der Waals surface area (Å²) in [6, 6.07) is 12.5. The van der Waals surface area contributed by atoms with Crippen molar-refractivity contribution >= 4 is 5.97 Å². The highest BCUT2D eigenvalue weighted by atomic mass is 16.6. The maximum Gasteiger partial charge on any atom is 0.303 e. The largest absolute Gasteiger partial charge is 0.508 e. The average Bonchev–Trinajstić information content (AvgIpc) is 2.82. The van der Waals surface area contributed by atoms with E-state index < -0.39 is 12.1 Å². The Morgan fingerprint density at radius 3 is 2.47 bits per heavy atom. The van der Waals surface area contributed by atoms with Crippen LogP contribution in [0.3, 0.4) is 0 Å². The number of aromatic hydroxyl groups is 2. The van der Waals surface area contributed by atoms with Crippen molar-refractivity contribution in [2.75, 3.05) is 20.8 Å². The normalized spacial score (nSPS) is 18.1. The van der Waals surface area contributed by atoms with Crippen LogP contribution in [-0.2, 0) is 22.4 Å². The lowest BCUT2D eigenvalue weighted by atomic mass is 9.80. The van der Waals surface area contributed by atoms with Gasteiger partial charge in [-0.05, 0) is 65.4 Å². The highest BCUT2D eigenvalue weighted by Crippen LogP contribution is 2.50. The van der Waals surface area contributed by atoms with Crippen LogP contribution in [0.25, 0.3) is 11.1 Å². The van der Waals surface area contributed by atoms with Gasteiger partial charge in [-0.15, -0.1) is 0 Å². The summed E-state index contributed by atoms with van der Waals surface area (Å²) in [5, 5.41) is 20.1. The molecule has 2 aliphatic rings. The molecule has 1 aliphatic carbocycles. The van der Waals surface area contributed by atoms with Gasteiger partial charge in [0.25, 0.3) is 0 Å². The lowest BCUT2D eigenvalue weighted by molar-refractivity contribution is -0.149. The van der Waals surface area contributed by atoms with Gasteiger partial charge in [-0.3, -0.25) is 4.79 Å². The second kappa shape index (κ2) is 8.48. The highest BCUT2D eigenvalue weighted by molar-refractivity contribution is 5.81. The van der Waals surface area contributed by atoms with E-state index in [1.807, 2.05) is 12.1 Å². The minimum atomic E-state index is -0.589. The molecule has 0 bridgehead atoms. The molecule has 2 atom stereocenters. The summed E-state index contributed by atoms with van der Waals surface area (Å²) >= 11 is 0. The summed E-state index contributed by atoms with van der Waals surface area (Å²) in [6.07, 6.45) is 0.978. The van der Waals surface area contributed by atoms with Gasteiger partial charge in [0.05, 0.1) is 26.7 Å². The molecule has 0 saturated heterocycles. The minimum Gasteiger partial charge on any atom is -0.508 e. The van der Waals surface area contributed by atoms with E-state index in [1.54, 1.807) is 37.4 Å². The third-order valence-corrected chi connectivity index (χ3v) is 6.57. The monoisotopic (exact) mass is 462 g/mol. The summed E-state index contributed by atoms with van der Waals surface area (Å²) in [7, 11) is 3.07. The molecule has 0 radical (unpaired) electrons. The van der Waals surface area contributed by atoms with Gasteiger partial charge in [0.2, 0.25) is 0 Å². The van der Waals surface area contributed by atoms with Crippen molar-refractivity contribution in [3.05, 3.63) is 64.7 Å². The number of ether oxygens (including phenoxy) is 4. The number of phenolic OH excluding ortho intramolecular Hbond substituents is 2. The van der Waals surface area contributed by atoms with Crippen molar-refractivity contribution in [1.82, 2.24) is 0 Å². The molecule has 0 spiro atoms. The number of rotatable bonds is 4. The predicted molar refractivity (Wildman–Crippen MR) is 125 cm³/mol. The van der Waals surface area contributed by atoms with E-state index in [-0.39, 0.29) is 17.4 Å². The molecule has 0 fully saturated rings. The molecule has 34 heavy (non-hydrogen) atoms. The Hall–Kier alpha value is -3.87. The molecular formula is C27H26O7. The standard InChI is InChI=1S/C27H26O7/c1-14(28)34-27-20-12-19-15(4-5-17-8-18(29)11-25(32-3)26(17)19)9-23(20)33-13-21(27)16-6-7-22(30)24(10-16)31-2/h6-12,21,27,29-30H,4-5,13H2,1-3H3/t21-,27-/m0/s1. The Kier molecular flexibility index (Phi) is 5.48. The first-order chi connectivity index (χ1) is 16.4. The Morgan fingerprint density at radius 2 is 1.74 bits per heavy atom. The minimum absolute atomic E-state index is 0.0356. The van der Waals surface area contributed by atoms with Gasteiger partial charge < -0.3 is 29.2 Å². The number of carbonyl (C=O) groups excluding carboxylic acids is 1. The maximum absolute atomic E-state index is 12.1. The van der Waals surface area contributed by atoms with Gasteiger partial charge in [0.1, 0.15) is 23.4 Å². The number of phenols is 2. The third-order valence-electron chi connectivity index (χ3n) is 6.57. The van der Waals surface area contributed by atoms with Crippen LogP contribution in [0, 0.1) is 0 Å². The van der Waals surface area contributed by atoms with E-state index in [2.05, 4.69) is 0 Å². The number of hydrogen-bond acceptors (Lipinski definition) is 7. The summed E-state index contributed by atoms with van der Waals surface area (Å²) in [5.74, 6) is 1.13. The fourth-order valence-electron chi connectivity index (χ4n) is 5.02. The molecule has 176 valence electrons. The number of benzene rings is 3. The van der Waals surface area contributed by atoms with E-state index in [0.717, 1.165) is 46.2 Å². The number of fused-ring (bicyclic) bond motifs is 4. The molecule has 1 heterocycles. The molecule has 7 heteroatoms. The van der Waals surface area contributed by atoms with Gasteiger partial charge >= 0.3 is 5.97 Å². The average molecular weight is 462 g/mol. The van der Waals surface area contributed by atoms with Gasteiger partial charge in [-0.1, -0.05) is 6.07 Å². The van der Waals surface area contributed by atoms with Crippen molar-refractivity contribution in [3.63, 3.8) is 0 Å². The van der Waals surface area contributed by atoms with Gasteiger partial charge in [-0.25, -0.2) is 0 Å². The Morgan fingerprint density at radius 1 is 0.971 bits per heavy atom. The Balaban J connectivity index is 1.65. The maximum atomic E-state index is 12.1. The molecule has 3 aromatic carbocycles. The zero-order chi connectivity index (χ0) is 24.0. The Labute approximate surface area is 197 Å². The molecular weight excluding hydrogens is 436 g/mol. The van der Waals surface area contributed by atoms with Gasteiger partial charge in [-0.2, -0.15) is 0 Å². The molecule has 2 N–H and O–H groups in total. The van der Waals surface area contributed by atoms with Crippen LogP contribution >= 0.6 is 0 Å².